The first-order valence-corrected chi connectivity index (χ1v) is 9.80. The lowest BCUT2D eigenvalue weighted by molar-refractivity contribution is 0.343. The molecular weight excluding hydrogens is 364 g/mol. The molecule has 3 N–H and O–H groups in total. The second-order valence-corrected chi connectivity index (χ2v) is 7.24. The lowest BCUT2D eigenvalue weighted by atomic mass is 10.1. The summed E-state index contributed by atoms with van der Waals surface area (Å²) in [5.41, 5.74) is 9.73. The van der Waals surface area contributed by atoms with Crippen LogP contribution in [0.2, 0.25) is 0 Å². The lowest BCUT2D eigenvalue weighted by Gasteiger charge is -2.22. The average Bonchev–Trinajstić information content (AvgIpc) is 3.46. The normalized spacial score (nSPS) is 14.9. The molecule has 0 amide bonds. The molecule has 146 valence electrons. The van der Waals surface area contributed by atoms with Crippen molar-refractivity contribution in [2.24, 2.45) is 0 Å². The minimum Gasteiger partial charge on any atom is -0.436 e. The Morgan fingerprint density at radius 1 is 0.966 bits per heavy atom. The maximum absolute atomic E-state index is 6.13. The van der Waals surface area contributed by atoms with Gasteiger partial charge in [-0.05, 0) is 32.0 Å². The highest BCUT2D eigenvalue weighted by Crippen LogP contribution is 2.32. The molecule has 0 spiro atoms. The Hall–Kier alpha value is -3.45. The van der Waals surface area contributed by atoms with Crippen LogP contribution in [-0.4, -0.2) is 32.8 Å². The van der Waals surface area contributed by atoms with Gasteiger partial charge < -0.3 is 15.5 Å². The van der Waals surface area contributed by atoms with Gasteiger partial charge in [0.2, 0.25) is 5.89 Å². The van der Waals surface area contributed by atoms with Crippen molar-refractivity contribution >= 4 is 5.82 Å². The average molecular weight is 386 g/mol. The number of rotatable bonds is 4. The number of anilines is 1. The van der Waals surface area contributed by atoms with E-state index in [0.717, 1.165) is 42.6 Å². The van der Waals surface area contributed by atoms with Crippen molar-refractivity contribution in [2.75, 3.05) is 18.8 Å². The predicted molar refractivity (Wildman–Crippen MR) is 112 cm³/mol. The molecule has 1 fully saturated rings. The Kier molecular flexibility index (Phi) is 4.57. The van der Waals surface area contributed by atoms with Gasteiger partial charge in [0.1, 0.15) is 5.82 Å². The third-order valence-electron chi connectivity index (χ3n) is 5.33. The van der Waals surface area contributed by atoms with Gasteiger partial charge in [-0.25, -0.2) is 9.97 Å². The van der Waals surface area contributed by atoms with Gasteiger partial charge in [-0.15, -0.1) is 0 Å². The highest BCUT2D eigenvalue weighted by Gasteiger charge is 2.18. The number of piperidine rings is 1. The Morgan fingerprint density at radius 3 is 2.62 bits per heavy atom. The van der Waals surface area contributed by atoms with E-state index in [0.29, 0.717) is 29.1 Å². The highest BCUT2D eigenvalue weighted by atomic mass is 16.4. The largest absolute Gasteiger partial charge is 0.436 e. The summed E-state index contributed by atoms with van der Waals surface area (Å²) >= 11 is 0. The highest BCUT2D eigenvalue weighted by molar-refractivity contribution is 5.75. The van der Waals surface area contributed by atoms with Crippen LogP contribution in [0.25, 0.3) is 33.9 Å². The molecule has 4 aromatic rings. The van der Waals surface area contributed by atoms with Gasteiger partial charge in [0.05, 0.1) is 24.0 Å². The van der Waals surface area contributed by atoms with Crippen LogP contribution < -0.4 is 11.1 Å². The molecule has 29 heavy (non-hydrogen) atoms. The fourth-order valence-electron chi connectivity index (χ4n) is 3.70. The van der Waals surface area contributed by atoms with Crippen LogP contribution in [0.5, 0.6) is 0 Å². The topological polar surface area (TPSA) is 94.8 Å². The zero-order valence-electron chi connectivity index (χ0n) is 16.0. The Bertz CT molecular complexity index is 1110. The minimum absolute atomic E-state index is 0.390. The smallest absolute Gasteiger partial charge is 0.230 e. The summed E-state index contributed by atoms with van der Waals surface area (Å²) in [6.45, 7) is 2.06. The number of nitrogen functional groups attached to an aromatic ring is 1. The van der Waals surface area contributed by atoms with E-state index in [2.05, 4.69) is 31.3 Å². The molecule has 7 nitrogen and oxygen atoms in total. The van der Waals surface area contributed by atoms with Crippen LogP contribution in [0.3, 0.4) is 0 Å². The number of aromatic nitrogens is 4. The number of benzene rings is 1. The van der Waals surface area contributed by atoms with Gasteiger partial charge in [0.15, 0.2) is 5.76 Å². The fraction of sp³-hybridized carbons (Fsp3) is 0.227. The zero-order chi connectivity index (χ0) is 19.6. The van der Waals surface area contributed by atoms with E-state index in [-0.39, 0.29) is 0 Å². The number of nitrogens with zero attached hydrogens (tertiary/aromatic N) is 4. The summed E-state index contributed by atoms with van der Waals surface area (Å²) in [6, 6.07) is 12.3. The Morgan fingerprint density at radius 2 is 1.79 bits per heavy atom. The number of nitrogens with one attached hydrogen (secondary N) is 1. The van der Waals surface area contributed by atoms with Crippen molar-refractivity contribution in [3.8, 4) is 33.9 Å². The molecule has 1 aliphatic rings. The maximum Gasteiger partial charge on any atom is 0.230 e. The van der Waals surface area contributed by atoms with Crippen LogP contribution in [0.15, 0.2) is 65.6 Å². The van der Waals surface area contributed by atoms with Gasteiger partial charge in [0, 0.05) is 29.1 Å². The Labute approximate surface area is 168 Å². The van der Waals surface area contributed by atoms with Crippen molar-refractivity contribution in [2.45, 2.75) is 18.9 Å². The molecular formula is C22H22N6O. The standard InChI is InChI=1S/C22H22N6O/c23-21-19(22-26-13-20(29-22)15-4-2-1-3-5-15)10-16(11-25-21)17-12-27-28(14-17)18-6-8-24-9-7-18/h1-5,10-14,18,24H,6-9H2,(H2,23,25). The zero-order valence-corrected chi connectivity index (χ0v) is 16.0. The number of hydrogen-bond donors (Lipinski definition) is 2. The molecule has 0 unspecified atom stereocenters. The minimum atomic E-state index is 0.390. The first-order chi connectivity index (χ1) is 14.3. The predicted octanol–water partition coefficient (Wildman–Crippen LogP) is 3.77. The van der Waals surface area contributed by atoms with Gasteiger partial charge in [0.25, 0.3) is 0 Å². The molecule has 1 aromatic carbocycles. The first kappa shape index (κ1) is 17.6. The van der Waals surface area contributed by atoms with E-state index >= 15 is 0 Å². The summed E-state index contributed by atoms with van der Waals surface area (Å²) in [5, 5.41) is 7.96. The molecule has 1 aliphatic heterocycles. The number of nitrogens with two attached hydrogens (primary N) is 1. The molecule has 4 heterocycles. The van der Waals surface area contributed by atoms with Crippen molar-refractivity contribution < 1.29 is 4.42 Å². The van der Waals surface area contributed by atoms with Crippen LogP contribution in [0.4, 0.5) is 5.82 Å². The van der Waals surface area contributed by atoms with Crippen LogP contribution >= 0.6 is 0 Å². The first-order valence-electron chi connectivity index (χ1n) is 9.80. The fourth-order valence-corrected chi connectivity index (χ4v) is 3.70. The summed E-state index contributed by atoms with van der Waals surface area (Å²) < 4.78 is 8.03. The molecule has 0 saturated carbocycles. The van der Waals surface area contributed by atoms with E-state index in [1.807, 2.05) is 42.6 Å². The third-order valence-corrected chi connectivity index (χ3v) is 5.33. The van der Waals surface area contributed by atoms with Crippen molar-refractivity contribution in [1.82, 2.24) is 25.1 Å². The molecule has 3 aromatic heterocycles. The van der Waals surface area contributed by atoms with Crippen molar-refractivity contribution in [3.05, 3.63) is 61.2 Å². The summed E-state index contributed by atoms with van der Waals surface area (Å²) in [4.78, 5) is 8.79. The van der Waals surface area contributed by atoms with Gasteiger partial charge in [-0.2, -0.15) is 5.10 Å². The summed E-state index contributed by atoms with van der Waals surface area (Å²) in [7, 11) is 0. The van der Waals surface area contributed by atoms with E-state index in [9.17, 15) is 0 Å². The number of oxazole rings is 1. The van der Waals surface area contributed by atoms with Crippen LogP contribution in [0.1, 0.15) is 18.9 Å². The van der Waals surface area contributed by atoms with Gasteiger partial charge >= 0.3 is 0 Å². The molecule has 5 rings (SSSR count). The van der Waals surface area contributed by atoms with Crippen molar-refractivity contribution in [3.63, 3.8) is 0 Å². The maximum atomic E-state index is 6.13. The lowest BCUT2D eigenvalue weighted by Crippen LogP contribution is -2.29. The monoisotopic (exact) mass is 386 g/mol. The third kappa shape index (κ3) is 3.52. The molecule has 1 saturated heterocycles. The van der Waals surface area contributed by atoms with Crippen molar-refractivity contribution in [1.29, 1.82) is 0 Å². The number of hydrogen-bond acceptors (Lipinski definition) is 6. The second-order valence-electron chi connectivity index (χ2n) is 7.24. The quantitative estimate of drug-likeness (QED) is 0.554. The molecule has 7 heteroatoms. The molecule has 0 radical (unpaired) electrons. The van der Waals surface area contributed by atoms with E-state index in [1.54, 1.807) is 12.4 Å². The Balaban J connectivity index is 1.45. The molecule has 0 aliphatic carbocycles. The summed E-state index contributed by atoms with van der Waals surface area (Å²) in [6.07, 6.45) is 9.62. The van der Waals surface area contributed by atoms with Gasteiger partial charge in [-0.1, -0.05) is 30.3 Å². The van der Waals surface area contributed by atoms with E-state index in [1.165, 1.54) is 0 Å². The van der Waals surface area contributed by atoms with Crippen LogP contribution in [-0.2, 0) is 0 Å². The second kappa shape index (κ2) is 7.52. The van der Waals surface area contributed by atoms with Gasteiger partial charge in [-0.3, -0.25) is 4.68 Å². The molecule has 0 atom stereocenters. The van der Waals surface area contributed by atoms with E-state index in [4.69, 9.17) is 10.2 Å². The molecule has 0 bridgehead atoms. The summed E-state index contributed by atoms with van der Waals surface area (Å²) in [5.74, 6) is 1.55. The van der Waals surface area contributed by atoms with Crippen LogP contribution in [0, 0.1) is 0 Å². The SMILES string of the molecule is Nc1ncc(-c2cnn(C3CCNCC3)c2)cc1-c1ncc(-c2ccccc2)o1. The van der Waals surface area contributed by atoms with E-state index < -0.39 is 0 Å². The number of pyridine rings is 1.